The van der Waals surface area contributed by atoms with E-state index in [1.165, 1.54) is 16.7 Å². The Bertz CT molecular complexity index is 1610. The van der Waals surface area contributed by atoms with Gasteiger partial charge in [-0.2, -0.15) is 0 Å². The van der Waals surface area contributed by atoms with Crippen molar-refractivity contribution < 1.29 is 9.47 Å². The fourth-order valence-corrected chi connectivity index (χ4v) is 5.26. The first-order valence-electron chi connectivity index (χ1n) is 11.7. The van der Waals surface area contributed by atoms with Crippen LogP contribution in [0.3, 0.4) is 0 Å². The number of benzene rings is 4. The fraction of sp³-hybridized carbons (Fsp3) is 0.0968. The van der Waals surface area contributed by atoms with Crippen molar-refractivity contribution in [3.05, 3.63) is 108 Å². The topological polar surface area (TPSA) is 44.2 Å². The largest absolute Gasteiger partial charge is 0.450 e. The van der Waals surface area contributed by atoms with Gasteiger partial charge in [-0.25, -0.2) is 9.97 Å². The number of rotatable bonds is 2. The maximum Gasteiger partial charge on any atom is 0.174 e. The molecular weight excluding hydrogens is 432 g/mol. The van der Waals surface area contributed by atoms with Crippen molar-refractivity contribution in [2.45, 2.75) is 19.3 Å². The predicted molar refractivity (Wildman–Crippen MR) is 137 cm³/mol. The molecule has 4 aromatic carbocycles. The summed E-state index contributed by atoms with van der Waals surface area (Å²) >= 11 is 0. The minimum absolute atomic E-state index is 0.272. The highest BCUT2D eigenvalue weighted by Gasteiger charge is 2.41. The van der Waals surface area contributed by atoms with E-state index in [9.17, 15) is 0 Å². The number of aromatic nitrogens is 2. The molecule has 7 rings (SSSR count). The molecule has 0 saturated heterocycles. The normalized spacial score (nSPS) is 14.1. The molecule has 0 fully saturated rings. The highest BCUT2D eigenvalue weighted by molar-refractivity contribution is 5.86. The molecule has 5 aromatic rings. The van der Waals surface area contributed by atoms with Crippen LogP contribution in [0.4, 0.5) is 0 Å². The SMILES string of the molecule is CC1(C)c2cc(-c3ncc(-c4ccccc4)cn3)ccc2-c2ccc3c(c21)Oc1ccccc1O3. The second-order valence-electron chi connectivity index (χ2n) is 9.51. The molecular formula is C31H22N2O2. The van der Waals surface area contributed by atoms with Gasteiger partial charge in [-0.15, -0.1) is 0 Å². The lowest BCUT2D eigenvalue weighted by molar-refractivity contribution is 0.352. The van der Waals surface area contributed by atoms with Crippen LogP contribution in [0.1, 0.15) is 25.0 Å². The summed E-state index contributed by atoms with van der Waals surface area (Å²) < 4.78 is 12.6. The molecule has 2 heterocycles. The molecule has 1 aromatic heterocycles. The van der Waals surface area contributed by atoms with Crippen molar-refractivity contribution >= 4 is 0 Å². The highest BCUT2D eigenvalue weighted by Crippen LogP contribution is 2.58. The van der Waals surface area contributed by atoms with E-state index in [0.717, 1.165) is 51.1 Å². The van der Waals surface area contributed by atoms with Gasteiger partial charge in [0, 0.05) is 34.5 Å². The maximum atomic E-state index is 6.41. The van der Waals surface area contributed by atoms with Gasteiger partial charge in [-0.05, 0) is 46.5 Å². The first kappa shape index (κ1) is 20.0. The van der Waals surface area contributed by atoms with Gasteiger partial charge in [0.1, 0.15) is 0 Å². The Balaban J connectivity index is 1.29. The van der Waals surface area contributed by atoms with Gasteiger partial charge in [0.05, 0.1) is 0 Å². The van der Waals surface area contributed by atoms with E-state index in [0.29, 0.717) is 0 Å². The van der Waals surface area contributed by atoms with Crippen molar-refractivity contribution in [3.63, 3.8) is 0 Å². The summed E-state index contributed by atoms with van der Waals surface area (Å²) in [6.45, 7) is 4.48. The molecule has 0 unspecified atom stereocenters. The summed E-state index contributed by atoms with van der Waals surface area (Å²) in [6.07, 6.45) is 3.79. The Kier molecular flexibility index (Phi) is 4.15. The van der Waals surface area contributed by atoms with Crippen molar-refractivity contribution in [3.8, 4) is 56.6 Å². The first-order valence-corrected chi connectivity index (χ1v) is 11.7. The lowest BCUT2D eigenvalue weighted by Crippen LogP contribution is -2.17. The molecule has 0 N–H and O–H groups in total. The molecule has 4 heteroatoms. The molecule has 0 saturated carbocycles. The van der Waals surface area contributed by atoms with Crippen molar-refractivity contribution in [2.75, 3.05) is 0 Å². The van der Waals surface area contributed by atoms with Gasteiger partial charge in [0.2, 0.25) is 0 Å². The number of hydrogen-bond acceptors (Lipinski definition) is 4. The van der Waals surface area contributed by atoms with Crippen molar-refractivity contribution in [2.24, 2.45) is 0 Å². The molecule has 0 radical (unpaired) electrons. The highest BCUT2D eigenvalue weighted by atomic mass is 16.6. The standard InChI is InChI=1S/C31H22N2O2/c1-31(2)24-16-20(30-32-17-21(18-33-30)19-8-4-3-5-9-19)12-13-22(24)23-14-15-27-29(28(23)31)35-26-11-7-6-10-25(26)34-27/h3-18H,1-2H3. The third kappa shape index (κ3) is 3.00. The quantitative estimate of drug-likeness (QED) is 0.266. The van der Waals surface area contributed by atoms with E-state index >= 15 is 0 Å². The molecule has 35 heavy (non-hydrogen) atoms. The van der Waals surface area contributed by atoms with Gasteiger partial charge in [-0.1, -0.05) is 74.5 Å². The number of para-hydroxylation sites is 2. The van der Waals surface area contributed by atoms with E-state index < -0.39 is 0 Å². The molecule has 0 bridgehead atoms. The van der Waals surface area contributed by atoms with Gasteiger partial charge in [0.25, 0.3) is 0 Å². The zero-order valence-electron chi connectivity index (χ0n) is 19.4. The van der Waals surface area contributed by atoms with Crippen LogP contribution in [-0.2, 0) is 5.41 Å². The Morgan fingerprint density at radius 3 is 2.06 bits per heavy atom. The monoisotopic (exact) mass is 454 g/mol. The molecule has 1 aliphatic carbocycles. The van der Waals surface area contributed by atoms with E-state index in [2.05, 4.69) is 60.2 Å². The van der Waals surface area contributed by atoms with Gasteiger partial charge >= 0.3 is 0 Å². The van der Waals surface area contributed by atoms with Crippen LogP contribution >= 0.6 is 0 Å². The Labute approximate surface area is 203 Å². The number of nitrogens with zero attached hydrogens (tertiary/aromatic N) is 2. The van der Waals surface area contributed by atoms with Crippen molar-refractivity contribution in [1.82, 2.24) is 9.97 Å². The van der Waals surface area contributed by atoms with Crippen molar-refractivity contribution in [1.29, 1.82) is 0 Å². The molecule has 168 valence electrons. The molecule has 1 aliphatic heterocycles. The minimum Gasteiger partial charge on any atom is -0.450 e. The lowest BCUT2D eigenvalue weighted by atomic mass is 9.81. The number of hydrogen-bond donors (Lipinski definition) is 0. The zero-order valence-corrected chi connectivity index (χ0v) is 19.4. The van der Waals surface area contributed by atoms with E-state index in [1.807, 2.05) is 60.9 Å². The van der Waals surface area contributed by atoms with Crippen LogP contribution in [0.15, 0.2) is 97.3 Å². The number of fused-ring (bicyclic) bond motifs is 6. The van der Waals surface area contributed by atoms with Crippen LogP contribution in [-0.4, -0.2) is 9.97 Å². The van der Waals surface area contributed by atoms with Crippen LogP contribution in [0.5, 0.6) is 23.0 Å². The number of ether oxygens (including phenoxy) is 2. The van der Waals surface area contributed by atoms with E-state index in [1.54, 1.807) is 0 Å². The summed E-state index contributed by atoms with van der Waals surface area (Å²) in [6, 6.07) is 28.6. The second-order valence-corrected chi connectivity index (χ2v) is 9.51. The smallest absolute Gasteiger partial charge is 0.174 e. The summed E-state index contributed by atoms with van der Waals surface area (Å²) in [5.74, 6) is 3.75. The predicted octanol–water partition coefficient (Wildman–Crippen LogP) is 8.01. The van der Waals surface area contributed by atoms with Crippen LogP contribution in [0.2, 0.25) is 0 Å². The van der Waals surface area contributed by atoms with Gasteiger partial charge in [-0.3, -0.25) is 0 Å². The van der Waals surface area contributed by atoms with Crippen LogP contribution in [0, 0.1) is 0 Å². The van der Waals surface area contributed by atoms with Gasteiger partial charge < -0.3 is 9.47 Å². The summed E-state index contributed by atoms with van der Waals surface area (Å²) in [5, 5.41) is 0. The maximum absolute atomic E-state index is 6.41. The summed E-state index contributed by atoms with van der Waals surface area (Å²) in [4.78, 5) is 9.37. The third-order valence-corrected chi connectivity index (χ3v) is 7.03. The molecule has 2 aliphatic rings. The third-order valence-electron chi connectivity index (χ3n) is 7.03. The molecule has 0 spiro atoms. The fourth-order valence-electron chi connectivity index (χ4n) is 5.26. The zero-order chi connectivity index (χ0) is 23.6. The van der Waals surface area contributed by atoms with Crippen LogP contribution in [0.25, 0.3) is 33.6 Å². The molecule has 0 atom stereocenters. The van der Waals surface area contributed by atoms with Crippen LogP contribution < -0.4 is 9.47 Å². The molecule has 0 amide bonds. The summed E-state index contributed by atoms with van der Waals surface area (Å²) in [7, 11) is 0. The average Bonchev–Trinajstić information content (AvgIpc) is 3.14. The lowest BCUT2D eigenvalue weighted by Gasteiger charge is -2.28. The first-order chi connectivity index (χ1) is 17.1. The van der Waals surface area contributed by atoms with E-state index in [4.69, 9.17) is 9.47 Å². The average molecular weight is 455 g/mol. The van der Waals surface area contributed by atoms with E-state index in [-0.39, 0.29) is 5.41 Å². The Morgan fingerprint density at radius 2 is 1.29 bits per heavy atom. The minimum atomic E-state index is -0.272. The van der Waals surface area contributed by atoms with Gasteiger partial charge in [0.15, 0.2) is 28.8 Å². The Morgan fingerprint density at radius 1 is 0.600 bits per heavy atom. The Hall–Kier alpha value is -4.44. The summed E-state index contributed by atoms with van der Waals surface area (Å²) in [5.41, 5.74) is 7.62. The second kappa shape index (κ2) is 7.28. The molecule has 4 nitrogen and oxygen atoms in total.